The third-order valence-corrected chi connectivity index (χ3v) is 4.51. The standard InChI is InChI=1S/C15H22N4O3S/c1-11-16-15(18-17-11)14-8-19(4-5-22-14)7-12(20)9-21-10-13-3-2-6-23-13/h2-3,6,12,14,20H,4-5,7-10H2,1H3,(H,16,17,18)/t12-,14-/m1/s1. The van der Waals surface area contributed by atoms with E-state index in [1.54, 1.807) is 11.3 Å². The van der Waals surface area contributed by atoms with Gasteiger partial charge < -0.3 is 14.6 Å². The van der Waals surface area contributed by atoms with Gasteiger partial charge in [-0.15, -0.1) is 11.3 Å². The molecular weight excluding hydrogens is 316 g/mol. The predicted molar refractivity (Wildman–Crippen MR) is 86.2 cm³/mol. The van der Waals surface area contributed by atoms with Crippen LogP contribution in [0.25, 0.3) is 0 Å². The molecule has 2 atom stereocenters. The molecular formula is C15H22N4O3S. The Bertz CT molecular complexity index is 589. The van der Waals surface area contributed by atoms with Crippen LogP contribution in [0.4, 0.5) is 0 Å². The molecule has 2 N–H and O–H groups in total. The zero-order chi connectivity index (χ0) is 16.1. The van der Waals surface area contributed by atoms with E-state index in [2.05, 4.69) is 20.1 Å². The second kappa shape index (κ2) is 7.98. The van der Waals surface area contributed by atoms with Gasteiger partial charge in [0.25, 0.3) is 0 Å². The number of aromatic amines is 1. The smallest absolute Gasteiger partial charge is 0.180 e. The van der Waals surface area contributed by atoms with Crippen molar-refractivity contribution in [2.75, 3.05) is 32.8 Å². The Morgan fingerprint density at radius 2 is 2.52 bits per heavy atom. The molecule has 3 rings (SSSR count). The summed E-state index contributed by atoms with van der Waals surface area (Å²) in [6, 6.07) is 4.03. The average Bonchev–Trinajstić information content (AvgIpc) is 3.19. The van der Waals surface area contributed by atoms with Gasteiger partial charge >= 0.3 is 0 Å². The summed E-state index contributed by atoms with van der Waals surface area (Å²) in [5, 5.41) is 19.2. The normalized spacial score (nSPS) is 20.7. The van der Waals surface area contributed by atoms with E-state index < -0.39 is 6.10 Å². The third kappa shape index (κ3) is 4.82. The van der Waals surface area contributed by atoms with E-state index in [4.69, 9.17) is 9.47 Å². The fourth-order valence-corrected chi connectivity index (χ4v) is 3.21. The first-order valence-corrected chi connectivity index (χ1v) is 8.59. The van der Waals surface area contributed by atoms with Crippen LogP contribution in [0.2, 0.25) is 0 Å². The molecule has 2 aromatic rings. The van der Waals surface area contributed by atoms with Crippen LogP contribution in [-0.2, 0) is 16.1 Å². The molecule has 1 fully saturated rings. The number of nitrogens with zero attached hydrogens (tertiary/aromatic N) is 3. The quantitative estimate of drug-likeness (QED) is 0.787. The number of morpholine rings is 1. The largest absolute Gasteiger partial charge is 0.389 e. The van der Waals surface area contributed by atoms with Crippen LogP contribution >= 0.6 is 11.3 Å². The van der Waals surface area contributed by atoms with Crippen LogP contribution in [-0.4, -0.2) is 64.1 Å². The van der Waals surface area contributed by atoms with Crippen molar-refractivity contribution < 1.29 is 14.6 Å². The molecule has 0 aliphatic carbocycles. The molecule has 0 amide bonds. The van der Waals surface area contributed by atoms with Gasteiger partial charge in [0.2, 0.25) is 0 Å². The molecule has 7 nitrogen and oxygen atoms in total. The van der Waals surface area contributed by atoms with E-state index in [1.165, 1.54) is 4.88 Å². The van der Waals surface area contributed by atoms with E-state index in [1.807, 2.05) is 24.4 Å². The number of aromatic nitrogens is 3. The Kier molecular flexibility index (Phi) is 5.74. The molecule has 0 radical (unpaired) electrons. The lowest BCUT2D eigenvalue weighted by atomic mass is 10.2. The number of β-amino-alcohol motifs (C(OH)–C–C–N with tert-alkyl or cyclic N) is 1. The maximum Gasteiger partial charge on any atom is 0.180 e. The number of rotatable bonds is 7. The second-order valence-electron chi connectivity index (χ2n) is 5.65. The lowest BCUT2D eigenvalue weighted by Gasteiger charge is -2.32. The molecule has 126 valence electrons. The first kappa shape index (κ1) is 16.5. The Balaban J connectivity index is 1.41. The van der Waals surface area contributed by atoms with Gasteiger partial charge in [0.15, 0.2) is 5.82 Å². The Hall–Kier alpha value is -1.32. The molecule has 1 aliphatic heterocycles. The summed E-state index contributed by atoms with van der Waals surface area (Å²) in [6.07, 6.45) is -0.657. The molecule has 0 unspecified atom stereocenters. The van der Waals surface area contributed by atoms with Crippen molar-refractivity contribution >= 4 is 11.3 Å². The zero-order valence-corrected chi connectivity index (χ0v) is 14.0. The minimum atomic E-state index is -0.511. The topological polar surface area (TPSA) is 83.5 Å². The maximum atomic E-state index is 10.1. The summed E-state index contributed by atoms with van der Waals surface area (Å²) in [6.45, 7) is 5.40. The zero-order valence-electron chi connectivity index (χ0n) is 13.1. The molecule has 0 saturated carbocycles. The first-order valence-electron chi connectivity index (χ1n) is 7.72. The first-order chi connectivity index (χ1) is 11.2. The Morgan fingerprint density at radius 1 is 1.61 bits per heavy atom. The SMILES string of the molecule is Cc1nc([C@H]2CN(C[C@@H](O)COCc3cccs3)CCO2)n[nH]1. The molecule has 8 heteroatoms. The number of H-pyrrole nitrogens is 1. The van der Waals surface area contributed by atoms with E-state index in [0.717, 1.165) is 12.4 Å². The van der Waals surface area contributed by atoms with Gasteiger partial charge in [-0.3, -0.25) is 10.00 Å². The van der Waals surface area contributed by atoms with Gasteiger partial charge in [0.1, 0.15) is 11.9 Å². The van der Waals surface area contributed by atoms with E-state index >= 15 is 0 Å². The van der Waals surface area contributed by atoms with Crippen molar-refractivity contribution in [2.24, 2.45) is 0 Å². The number of thiophene rings is 1. The number of nitrogens with one attached hydrogen (secondary N) is 1. The molecule has 23 heavy (non-hydrogen) atoms. The van der Waals surface area contributed by atoms with Crippen LogP contribution in [0.3, 0.4) is 0 Å². The van der Waals surface area contributed by atoms with Crippen LogP contribution < -0.4 is 0 Å². The van der Waals surface area contributed by atoms with Gasteiger partial charge in [-0.1, -0.05) is 6.07 Å². The minimum absolute atomic E-state index is 0.145. The number of hydrogen-bond acceptors (Lipinski definition) is 7. The van der Waals surface area contributed by atoms with Crippen LogP contribution in [0, 0.1) is 6.92 Å². The molecule has 1 saturated heterocycles. The highest BCUT2D eigenvalue weighted by atomic mass is 32.1. The predicted octanol–water partition coefficient (Wildman–Crippen LogP) is 1.13. The fraction of sp³-hybridized carbons (Fsp3) is 0.600. The van der Waals surface area contributed by atoms with Crippen molar-refractivity contribution in [3.05, 3.63) is 34.0 Å². The Labute approximate surface area is 139 Å². The highest BCUT2D eigenvalue weighted by Gasteiger charge is 2.26. The Morgan fingerprint density at radius 3 is 3.26 bits per heavy atom. The van der Waals surface area contributed by atoms with Crippen LogP contribution in [0.15, 0.2) is 17.5 Å². The summed E-state index contributed by atoms with van der Waals surface area (Å²) in [4.78, 5) is 7.66. The van der Waals surface area contributed by atoms with Crippen LogP contribution in [0.5, 0.6) is 0 Å². The van der Waals surface area contributed by atoms with Crippen molar-refractivity contribution in [3.63, 3.8) is 0 Å². The highest BCUT2D eigenvalue weighted by Crippen LogP contribution is 2.19. The summed E-state index contributed by atoms with van der Waals surface area (Å²) in [7, 11) is 0. The number of hydrogen-bond donors (Lipinski definition) is 2. The third-order valence-electron chi connectivity index (χ3n) is 3.66. The van der Waals surface area contributed by atoms with E-state index in [9.17, 15) is 5.11 Å². The molecule has 0 spiro atoms. The monoisotopic (exact) mass is 338 g/mol. The summed E-state index contributed by atoms with van der Waals surface area (Å²) < 4.78 is 11.3. The molecule has 2 aromatic heterocycles. The van der Waals surface area contributed by atoms with Crippen molar-refractivity contribution in [2.45, 2.75) is 25.7 Å². The number of ether oxygens (including phenoxy) is 2. The van der Waals surface area contributed by atoms with Gasteiger partial charge in [-0.2, -0.15) is 5.10 Å². The van der Waals surface area contributed by atoms with Crippen LogP contribution in [0.1, 0.15) is 22.6 Å². The average molecular weight is 338 g/mol. The molecule has 1 aliphatic rings. The molecule has 3 heterocycles. The maximum absolute atomic E-state index is 10.1. The van der Waals surface area contributed by atoms with E-state index in [-0.39, 0.29) is 6.10 Å². The summed E-state index contributed by atoms with van der Waals surface area (Å²) in [5.74, 6) is 1.46. The minimum Gasteiger partial charge on any atom is -0.389 e. The van der Waals surface area contributed by atoms with Crippen molar-refractivity contribution in [1.82, 2.24) is 20.1 Å². The second-order valence-corrected chi connectivity index (χ2v) is 6.68. The van der Waals surface area contributed by atoms with Gasteiger partial charge in [0, 0.05) is 24.5 Å². The number of aliphatic hydroxyl groups is 1. The van der Waals surface area contributed by atoms with E-state index in [0.29, 0.717) is 38.7 Å². The molecule has 0 bridgehead atoms. The van der Waals surface area contributed by atoms with Gasteiger partial charge in [0.05, 0.1) is 25.9 Å². The number of aryl methyl sites for hydroxylation is 1. The lowest BCUT2D eigenvalue weighted by Crippen LogP contribution is -2.43. The highest BCUT2D eigenvalue weighted by molar-refractivity contribution is 7.09. The fourth-order valence-electron chi connectivity index (χ4n) is 2.57. The number of aliphatic hydroxyl groups excluding tert-OH is 1. The van der Waals surface area contributed by atoms with Gasteiger partial charge in [-0.05, 0) is 18.4 Å². The molecule has 0 aromatic carbocycles. The summed E-state index contributed by atoms with van der Waals surface area (Å²) in [5.41, 5.74) is 0. The van der Waals surface area contributed by atoms with Crippen molar-refractivity contribution in [3.8, 4) is 0 Å². The van der Waals surface area contributed by atoms with Gasteiger partial charge in [-0.25, -0.2) is 4.98 Å². The van der Waals surface area contributed by atoms with Crippen molar-refractivity contribution in [1.29, 1.82) is 0 Å². The summed E-state index contributed by atoms with van der Waals surface area (Å²) >= 11 is 1.66. The lowest BCUT2D eigenvalue weighted by molar-refractivity contribution is -0.0564.